The van der Waals surface area contributed by atoms with Crippen molar-refractivity contribution in [1.82, 2.24) is 4.98 Å². The van der Waals surface area contributed by atoms with Crippen molar-refractivity contribution in [3.63, 3.8) is 0 Å². The van der Waals surface area contributed by atoms with Gasteiger partial charge < -0.3 is 10.2 Å². The molecule has 0 amide bonds. The van der Waals surface area contributed by atoms with Crippen LogP contribution in [-0.2, 0) is 4.79 Å². The van der Waals surface area contributed by atoms with Gasteiger partial charge in [-0.15, -0.1) is 11.3 Å². The summed E-state index contributed by atoms with van der Waals surface area (Å²) in [4.78, 5) is 14.8. The summed E-state index contributed by atoms with van der Waals surface area (Å²) >= 11 is 1.48. The highest BCUT2D eigenvalue weighted by molar-refractivity contribution is 7.18. The number of aliphatic carboxylic acids is 1. The van der Waals surface area contributed by atoms with Gasteiger partial charge in [0, 0.05) is 0 Å². The normalized spacial score (nSPS) is 12.9. The van der Waals surface area contributed by atoms with E-state index in [4.69, 9.17) is 5.11 Å². The Bertz CT molecular complexity index is 520. The predicted molar refractivity (Wildman–Crippen MR) is 57.0 cm³/mol. The number of aromatic nitrogens is 1. The minimum absolute atomic E-state index is 0.388. The number of thiazole rings is 1. The zero-order valence-electron chi connectivity index (χ0n) is 7.97. The highest BCUT2D eigenvalue weighted by atomic mass is 32.1. The second-order valence-corrected chi connectivity index (χ2v) is 4.44. The highest BCUT2D eigenvalue weighted by Crippen LogP contribution is 2.25. The van der Waals surface area contributed by atoms with E-state index in [-0.39, 0.29) is 0 Å². The third-order valence-electron chi connectivity index (χ3n) is 2.07. The van der Waals surface area contributed by atoms with Crippen LogP contribution >= 0.6 is 11.3 Å². The van der Waals surface area contributed by atoms with Gasteiger partial charge in [0.2, 0.25) is 0 Å². The van der Waals surface area contributed by atoms with E-state index in [2.05, 4.69) is 4.98 Å². The number of rotatable bonds is 2. The van der Waals surface area contributed by atoms with Gasteiger partial charge in [-0.3, -0.25) is 0 Å². The molecular formula is C10H9NO3S. The van der Waals surface area contributed by atoms with Crippen LogP contribution in [0.1, 0.15) is 16.7 Å². The molecule has 1 aromatic heterocycles. The zero-order chi connectivity index (χ0) is 11.0. The summed E-state index contributed by atoms with van der Waals surface area (Å²) in [6.45, 7) is 1.89. The Hall–Kier alpha value is -1.46. The fourth-order valence-corrected chi connectivity index (χ4v) is 2.24. The van der Waals surface area contributed by atoms with Crippen LogP contribution in [0.2, 0.25) is 0 Å². The SMILES string of the molecule is Cc1nc2ccc(C(O)C(=O)O)cc2s1. The van der Waals surface area contributed by atoms with Gasteiger partial charge in [0.25, 0.3) is 0 Å². The molecule has 0 aliphatic rings. The van der Waals surface area contributed by atoms with Gasteiger partial charge in [0.15, 0.2) is 6.10 Å². The van der Waals surface area contributed by atoms with E-state index in [0.29, 0.717) is 5.56 Å². The van der Waals surface area contributed by atoms with Crippen LogP contribution in [0.5, 0.6) is 0 Å². The van der Waals surface area contributed by atoms with Gasteiger partial charge in [-0.2, -0.15) is 0 Å². The minimum Gasteiger partial charge on any atom is -0.479 e. The van der Waals surface area contributed by atoms with Crippen molar-refractivity contribution in [1.29, 1.82) is 0 Å². The van der Waals surface area contributed by atoms with Gasteiger partial charge >= 0.3 is 5.97 Å². The van der Waals surface area contributed by atoms with Crippen molar-refractivity contribution >= 4 is 27.5 Å². The van der Waals surface area contributed by atoms with Gasteiger partial charge in [0.1, 0.15) is 0 Å². The monoisotopic (exact) mass is 223 g/mol. The maximum atomic E-state index is 10.6. The molecule has 0 fully saturated rings. The number of hydrogen-bond donors (Lipinski definition) is 2. The quantitative estimate of drug-likeness (QED) is 0.813. The number of aliphatic hydroxyl groups is 1. The van der Waals surface area contributed by atoms with Crippen LogP contribution in [0.25, 0.3) is 10.2 Å². The number of nitrogens with zero attached hydrogens (tertiary/aromatic N) is 1. The van der Waals surface area contributed by atoms with Crippen LogP contribution in [0, 0.1) is 6.92 Å². The van der Waals surface area contributed by atoms with E-state index >= 15 is 0 Å². The van der Waals surface area contributed by atoms with Gasteiger partial charge in [-0.25, -0.2) is 9.78 Å². The maximum absolute atomic E-state index is 10.6. The zero-order valence-corrected chi connectivity index (χ0v) is 8.78. The van der Waals surface area contributed by atoms with E-state index in [1.54, 1.807) is 18.2 Å². The highest BCUT2D eigenvalue weighted by Gasteiger charge is 2.16. The van der Waals surface area contributed by atoms with E-state index in [1.807, 2.05) is 6.92 Å². The second kappa shape index (κ2) is 3.60. The average Bonchev–Trinajstić information content (AvgIpc) is 2.55. The number of carbonyl (C=O) groups is 1. The smallest absolute Gasteiger partial charge is 0.337 e. The Morgan fingerprint density at radius 3 is 2.93 bits per heavy atom. The van der Waals surface area contributed by atoms with Crippen LogP contribution in [0.3, 0.4) is 0 Å². The van der Waals surface area contributed by atoms with Crippen molar-refractivity contribution in [3.05, 3.63) is 28.8 Å². The maximum Gasteiger partial charge on any atom is 0.337 e. The molecule has 0 saturated heterocycles. The lowest BCUT2D eigenvalue weighted by atomic mass is 10.1. The van der Waals surface area contributed by atoms with E-state index in [1.165, 1.54) is 11.3 Å². The molecule has 5 heteroatoms. The number of carboxylic acids is 1. The minimum atomic E-state index is -1.46. The summed E-state index contributed by atoms with van der Waals surface area (Å²) in [6.07, 6.45) is -1.46. The summed E-state index contributed by atoms with van der Waals surface area (Å²) in [7, 11) is 0. The van der Waals surface area contributed by atoms with Crippen molar-refractivity contribution < 1.29 is 15.0 Å². The first-order valence-corrected chi connectivity index (χ1v) is 5.17. The molecule has 2 aromatic rings. The molecule has 1 atom stereocenters. The summed E-state index contributed by atoms with van der Waals surface area (Å²) in [6, 6.07) is 4.97. The molecule has 78 valence electrons. The van der Waals surface area contributed by atoms with Crippen molar-refractivity contribution in [2.75, 3.05) is 0 Å². The molecule has 0 aliphatic carbocycles. The van der Waals surface area contributed by atoms with E-state index in [0.717, 1.165) is 15.2 Å². The van der Waals surface area contributed by atoms with Crippen LogP contribution in [-0.4, -0.2) is 21.2 Å². The molecule has 2 rings (SSSR count). The Morgan fingerprint density at radius 2 is 2.27 bits per heavy atom. The number of carboxylic acid groups (broad SMARTS) is 1. The van der Waals surface area contributed by atoms with Crippen LogP contribution < -0.4 is 0 Å². The average molecular weight is 223 g/mol. The first-order valence-electron chi connectivity index (χ1n) is 4.36. The lowest BCUT2D eigenvalue weighted by molar-refractivity contribution is -0.146. The first kappa shape index (κ1) is 10.1. The number of aliphatic hydroxyl groups excluding tert-OH is 1. The molecule has 4 nitrogen and oxygen atoms in total. The van der Waals surface area contributed by atoms with E-state index < -0.39 is 12.1 Å². The number of benzene rings is 1. The Labute approximate surface area is 89.8 Å². The number of aryl methyl sites for hydroxylation is 1. The largest absolute Gasteiger partial charge is 0.479 e. The van der Waals surface area contributed by atoms with Gasteiger partial charge in [0.05, 0.1) is 15.2 Å². The molecule has 1 unspecified atom stereocenters. The second-order valence-electron chi connectivity index (χ2n) is 3.20. The fraction of sp³-hybridized carbons (Fsp3) is 0.200. The third-order valence-corrected chi connectivity index (χ3v) is 3.00. The number of hydrogen-bond acceptors (Lipinski definition) is 4. The van der Waals surface area contributed by atoms with Crippen molar-refractivity contribution in [3.8, 4) is 0 Å². The lowest BCUT2D eigenvalue weighted by Crippen LogP contribution is -2.09. The first-order chi connectivity index (χ1) is 7.08. The molecule has 0 saturated carbocycles. The molecule has 0 radical (unpaired) electrons. The summed E-state index contributed by atoms with van der Waals surface area (Å²) in [5.41, 5.74) is 1.22. The molecule has 15 heavy (non-hydrogen) atoms. The topological polar surface area (TPSA) is 70.4 Å². The number of fused-ring (bicyclic) bond motifs is 1. The van der Waals surface area contributed by atoms with Crippen LogP contribution in [0.15, 0.2) is 18.2 Å². The molecular weight excluding hydrogens is 214 g/mol. The third kappa shape index (κ3) is 1.84. The van der Waals surface area contributed by atoms with Gasteiger partial charge in [-0.05, 0) is 24.6 Å². The van der Waals surface area contributed by atoms with E-state index in [9.17, 15) is 9.90 Å². The summed E-state index contributed by atoms with van der Waals surface area (Å²) in [5.74, 6) is -1.24. The summed E-state index contributed by atoms with van der Waals surface area (Å²) in [5, 5.41) is 18.9. The molecule has 0 bridgehead atoms. The molecule has 1 aromatic carbocycles. The molecule has 1 heterocycles. The predicted octanol–water partition coefficient (Wildman–Crippen LogP) is 1.72. The molecule has 0 aliphatic heterocycles. The molecule has 2 N–H and O–H groups in total. The van der Waals surface area contributed by atoms with Gasteiger partial charge in [-0.1, -0.05) is 6.07 Å². The fourth-order valence-electron chi connectivity index (χ4n) is 1.37. The standard InChI is InChI=1S/C10H9NO3S/c1-5-11-7-3-2-6(4-8(7)15-5)9(12)10(13)14/h2-4,9,12H,1H3,(H,13,14). The van der Waals surface area contributed by atoms with Crippen molar-refractivity contribution in [2.24, 2.45) is 0 Å². The Balaban J connectivity index is 2.50. The van der Waals surface area contributed by atoms with Crippen LogP contribution in [0.4, 0.5) is 0 Å². The van der Waals surface area contributed by atoms with Crippen molar-refractivity contribution in [2.45, 2.75) is 13.0 Å². The summed E-state index contributed by atoms with van der Waals surface area (Å²) < 4.78 is 0.894. The Kier molecular flexibility index (Phi) is 2.42. The lowest BCUT2D eigenvalue weighted by Gasteiger charge is -2.04. The Morgan fingerprint density at radius 1 is 1.53 bits per heavy atom. The molecule has 0 spiro atoms.